The maximum absolute atomic E-state index is 6.11. The maximum Gasteiger partial charge on any atom is 0.119 e. The van der Waals surface area contributed by atoms with Gasteiger partial charge in [-0.25, -0.2) is 0 Å². The molecule has 0 aromatic heterocycles. The van der Waals surface area contributed by atoms with Crippen LogP contribution in [0, 0.1) is 13.8 Å². The fraction of sp³-hybridized carbons (Fsp3) is 0.400. The molecular weight excluding hydrogens is 284 g/mol. The van der Waals surface area contributed by atoms with Crippen LogP contribution in [0.2, 0.25) is 0 Å². The van der Waals surface area contributed by atoms with Crippen LogP contribution in [-0.2, 0) is 0 Å². The Kier molecular flexibility index (Phi) is 4.42. The summed E-state index contributed by atoms with van der Waals surface area (Å²) in [5, 5.41) is 0. The van der Waals surface area contributed by atoms with E-state index in [1.165, 1.54) is 33.4 Å². The monoisotopic (exact) mass is 310 g/mol. The zero-order chi connectivity index (χ0) is 16.6. The van der Waals surface area contributed by atoms with E-state index in [9.17, 15) is 0 Å². The Labute approximate surface area is 139 Å². The van der Waals surface area contributed by atoms with Gasteiger partial charge < -0.3 is 15.4 Å². The molecule has 0 heterocycles. The van der Waals surface area contributed by atoms with Crippen LogP contribution in [0.4, 0.5) is 0 Å². The number of benzene rings is 2. The van der Waals surface area contributed by atoms with Crippen molar-refractivity contribution in [3.05, 3.63) is 52.6 Å². The SMILES string of the molecule is Cc1cc(C)c2c(c1)-c1ccc(OCCN(C)C)cc1C2CN. The van der Waals surface area contributed by atoms with Crippen LogP contribution in [0.3, 0.4) is 0 Å². The van der Waals surface area contributed by atoms with Crippen molar-refractivity contribution in [3.63, 3.8) is 0 Å². The molecular formula is C20H26N2O. The molecule has 0 spiro atoms. The molecule has 3 nitrogen and oxygen atoms in total. The average molecular weight is 310 g/mol. The second-order valence-corrected chi connectivity index (χ2v) is 6.73. The van der Waals surface area contributed by atoms with E-state index in [-0.39, 0.29) is 5.92 Å². The topological polar surface area (TPSA) is 38.5 Å². The lowest BCUT2D eigenvalue weighted by atomic mass is 9.92. The third kappa shape index (κ3) is 2.99. The van der Waals surface area contributed by atoms with Gasteiger partial charge in [-0.15, -0.1) is 0 Å². The summed E-state index contributed by atoms with van der Waals surface area (Å²) in [5.74, 6) is 1.21. The lowest BCUT2D eigenvalue weighted by molar-refractivity contribution is 0.261. The molecule has 3 heteroatoms. The van der Waals surface area contributed by atoms with Gasteiger partial charge in [-0.2, -0.15) is 0 Å². The Morgan fingerprint density at radius 2 is 1.87 bits per heavy atom. The molecule has 0 saturated carbocycles. The average Bonchev–Trinajstić information content (AvgIpc) is 2.80. The second kappa shape index (κ2) is 6.34. The Morgan fingerprint density at radius 1 is 1.09 bits per heavy atom. The lowest BCUT2D eigenvalue weighted by Crippen LogP contribution is -2.19. The van der Waals surface area contributed by atoms with E-state index < -0.39 is 0 Å². The highest BCUT2D eigenvalue weighted by molar-refractivity contribution is 5.81. The van der Waals surface area contributed by atoms with Gasteiger partial charge in [0, 0.05) is 19.0 Å². The molecule has 3 rings (SSSR count). The highest BCUT2D eigenvalue weighted by atomic mass is 16.5. The first-order chi connectivity index (χ1) is 11.0. The number of fused-ring (bicyclic) bond motifs is 3. The fourth-order valence-electron chi connectivity index (χ4n) is 3.57. The van der Waals surface area contributed by atoms with Crippen LogP contribution in [0.15, 0.2) is 30.3 Å². The zero-order valence-corrected chi connectivity index (χ0v) is 14.5. The summed E-state index contributed by atoms with van der Waals surface area (Å²) in [6.45, 7) is 6.58. The molecule has 0 aliphatic heterocycles. The number of nitrogens with zero attached hydrogens (tertiary/aromatic N) is 1. The number of hydrogen-bond donors (Lipinski definition) is 1. The van der Waals surface area contributed by atoms with E-state index >= 15 is 0 Å². The molecule has 122 valence electrons. The summed E-state index contributed by atoms with van der Waals surface area (Å²) >= 11 is 0. The Hall–Kier alpha value is -1.84. The predicted molar refractivity (Wildman–Crippen MR) is 96.3 cm³/mol. The van der Waals surface area contributed by atoms with Crippen molar-refractivity contribution in [1.29, 1.82) is 0 Å². The minimum absolute atomic E-state index is 0.276. The molecule has 1 aliphatic carbocycles. The highest BCUT2D eigenvalue weighted by Crippen LogP contribution is 2.47. The number of likely N-dealkylation sites (N-methyl/N-ethyl adjacent to an activating group) is 1. The Morgan fingerprint density at radius 3 is 2.57 bits per heavy atom. The Balaban J connectivity index is 1.96. The van der Waals surface area contributed by atoms with Crippen LogP contribution < -0.4 is 10.5 Å². The van der Waals surface area contributed by atoms with Crippen molar-refractivity contribution >= 4 is 0 Å². The van der Waals surface area contributed by atoms with Gasteiger partial charge in [0.15, 0.2) is 0 Å². The van der Waals surface area contributed by atoms with Crippen LogP contribution in [0.1, 0.15) is 28.2 Å². The van der Waals surface area contributed by atoms with Crippen molar-refractivity contribution in [3.8, 4) is 16.9 Å². The molecule has 1 atom stereocenters. The predicted octanol–water partition coefficient (Wildman–Crippen LogP) is 3.31. The molecule has 0 radical (unpaired) electrons. The van der Waals surface area contributed by atoms with E-state index in [2.05, 4.69) is 63.2 Å². The molecule has 0 saturated heterocycles. The van der Waals surface area contributed by atoms with Crippen LogP contribution in [0.5, 0.6) is 5.75 Å². The number of hydrogen-bond acceptors (Lipinski definition) is 3. The number of nitrogens with two attached hydrogens (primary N) is 1. The summed E-state index contributed by atoms with van der Waals surface area (Å²) in [6, 6.07) is 11.0. The van der Waals surface area contributed by atoms with E-state index in [0.717, 1.165) is 12.3 Å². The largest absolute Gasteiger partial charge is 0.492 e. The molecule has 1 aliphatic rings. The molecule has 0 bridgehead atoms. The van der Waals surface area contributed by atoms with Gasteiger partial charge in [-0.1, -0.05) is 23.8 Å². The number of aryl methyl sites for hydroxylation is 2. The van der Waals surface area contributed by atoms with Crippen molar-refractivity contribution < 1.29 is 4.74 Å². The maximum atomic E-state index is 6.11. The first-order valence-electron chi connectivity index (χ1n) is 8.24. The van der Waals surface area contributed by atoms with Gasteiger partial charge in [-0.3, -0.25) is 0 Å². The van der Waals surface area contributed by atoms with Gasteiger partial charge in [-0.05, 0) is 67.9 Å². The molecule has 0 amide bonds. The fourth-order valence-corrected chi connectivity index (χ4v) is 3.57. The molecule has 2 N–H and O–H groups in total. The van der Waals surface area contributed by atoms with E-state index in [1.54, 1.807) is 0 Å². The van der Waals surface area contributed by atoms with Gasteiger partial charge in [0.25, 0.3) is 0 Å². The summed E-state index contributed by atoms with van der Waals surface area (Å²) in [7, 11) is 4.11. The molecule has 2 aromatic carbocycles. The third-order valence-corrected chi connectivity index (χ3v) is 4.61. The summed E-state index contributed by atoms with van der Waals surface area (Å²) in [6.07, 6.45) is 0. The van der Waals surface area contributed by atoms with Crippen molar-refractivity contribution in [1.82, 2.24) is 4.90 Å². The number of ether oxygens (including phenoxy) is 1. The first-order valence-corrected chi connectivity index (χ1v) is 8.24. The minimum atomic E-state index is 0.276. The highest BCUT2D eigenvalue weighted by Gasteiger charge is 2.29. The Bertz CT molecular complexity index is 722. The lowest BCUT2D eigenvalue weighted by Gasteiger charge is -2.15. The quantitative estimate of drug-likeness (QED) is 0.921. The van der Waals surface area contributed by atoms with E-state index in [0.29, 0.717) is 13.2 Å². The molecule has 1 unspecified atom stereocenters. The van der Waals surface area contributed by atoms with Crippen LogP contribution in [0.25, 0.3) is 11.1 Å². The summed E-state index contributed by atoms with van der Waals surface area (Å²) < 4.78 is 5.91. The summed E-state index contributed by atoms with van der Waals surface area (Å²) in [5.41, 5.74) is 14.1. The summed E-state index contributed by atoms with van der Waals surface area (Å²) in [4.78, 5) is 2.12. The van der Waals surface area contributed by atoms with E-state index in [4.69, 9.17) is 10.5 Å². The van der Waals surface area contributed by atoms with Crippen LogP contribution >= 0.6 is 0 Å². The molecule has 23 heavy (non-hydrogen) atoms. The molecule has 2 aromatic rings. The number of rotatable bonds is 5. The van der Waals surface area contributed by atoms with Gasteiger partial charge in [0.05, 0.1) is 0 Å². The first kappa shape index (κ1) is 16.0. The minimum Gasteiger partial charge on any atom is -0.492 e. The zero-order valence-electron chi connectivity index (χ0n) is 14.5. The standard InChI is InChI=1S/C20H26N2O/c1-13-9-14(2)20-18(10-13)16-6-5-15(23-8-7-22(3)4)11-17(16)19(20)12-21/h5-6,9-11,19H,7-8,12,21H2,1-4H3. The third-order valence-electron chi connectivity index (χ3n) is 4.61. The second-order valence-electron chi connectivity index (χ2n) is 6.73. The smallest absolute Gasteiger partial charge is 0.119 e. The van der Waals surface area contributed by atoms with Crippen molar-refractivity contribution in [2.24, 2.45) is 5.73 Å². The van der Waals surface area contributed by atoms with E-state index in [1.807, 2.05) is 0 Å². The van der Waals surface area contributed by atoms with Crippen molar-refractivity contribution in [2.45, 2.75) is 19.8 Å². The molecule has 0 fully saturated rings. The van der Waals surface area contributed by atoms with Crippen LogP contribution in [-0.4, -0.2) is 38.7 Å². The van der Waals surface area contributed by atoms with Crippen molar-refractivity contribution in [2.75, 3.05) is 33.8 Å². The van der Waals surface area contributed by atoms with Gasteiger partial charge >= 0.3 is 0 Å². The normalized spacial score (nSPS) is 15.7. The van der Waals surface area contributed by atoms with Gasteiger partial charge in [0.1, 0.15) is 12.4 Å². The van der Waals surface area contributed by atoms with Gasteiger partial charge in [0.2, 0.25) is 0 Å².